The molecule has 1 unspecified atom stereocenters. The molecule has 0 aromatic heterocycles. The normalized spacial score (nSPS) is 51.7. The average Bonchev–Trinajstić information content (AvgIpc) is 3.18. The SMILES string of the molecule is C[C@]12CCC3[C@@H](CC[C@H]4C/C(=N/O)CCC[C@]34C)[C@@H]1CCC21OCCO1. The van der Waals surface area contributed by atoms with E-state index in [1.54, 1.807) is 0 Å². The van der Waals surface area contributed by atoms with Gasteiger partial charge in [-0.1, -0.05) is 19.0 Å². The highest BCUT2D eigenvalue weighted by Crippen LogP contribution is 2.69. The lowest BCUT2D eigenvalue weighted by atomic mass is 9.46. The molecule has 0 aromatic carbocycles. The number of oxime groups is 1. The van der Waals surface area contributed by atoms with Crippen LogP contribution in [0.25, 0.3) is 0 Å². The number of ether oxygens (including phenoxy) is 2. The first kappa shape index (κ1) is 17.5. The van der Waals surface area contributed by atoms with Crippen molar-refractivity contribution in [3.8, 4) is 0 Å². The monoisotopic (exact) mass is 361 g/mol. The van der Waals surface area contributed by atoms with E-state index in [4.69, 9.17) is 9.47 Å². The van der Waals surface area contributed by atoms with Crippen LogP contribution in [0.2, 0.25) is 0 Å². The van der Waals surface area contributed by atoms with E-state index in [0.717, 1.165) is 55.9 Å². The van der Waals surface area contributed by atoms with Crippen LogP contribution >= 0.6 is 0 Å². The van der Waals surface area contributed by atoms with Gasteiger partial charge in [0.25, 0.3) is 0 Å². The summed E-state index contributed by atoms with van der Waals surface area (Å²) in [6, 6.07) is 0. The lowest BCUT2D eigenvalue weighted by molar-refractivity contribution is -0.246. The fourth-order valence-electron chi connectivity index (χ4n) is 8.30. The first-order valence-electron chi connectivity index (χ1n) is 11.0. The highest BCUT2D eigenvalue weighted by Gasteiger charge is 2.67. The fraction of sp³-hybridized carbons (Fsp3) is 0.955. The van der Waals surface area contributed by atoms with Crippen LogP contribution in [0.5, 0.6) is 0 Å². The smallest absolute Gasteiger partial charge is 0.174 e. The van der Waals surface area contributed by atoms with E-state index < -0.39 is 0 Å². The van der Waals surface area contributed by atoms with Crippen LogP contribution in [-0.4, -0.2) is 29.9 Å². The molecule has 1 N–H and O–H groups in total. The summed E-state index contributed by atoms with van der Waals surface area (Å²) in [6.07, 6.45) is 12.1. The molecular formula is C22H35NO3. The van der Waals surface area contributed by atoms with Gasteiger partial charge in [0.2, 0.25) is 0 Å². The minimum absolute atomic E-state index is 0.205. The molecule has 1 aliphatic heterocycles. The molecule has 0 aromatic rings. The summed E-state index contributed by atoms with van der Waals surface area (Å²) in [7, 11) is 0. The largest absolute Gasteiger partial charge is 0.411 e. The van der Waals surface area contributed by atoms with E-state index >= 15 is 0 Å². The van der Waals surface area contributed by atoms with Gasteiger partial charge in [0.05, 0.1) is 18.9 Å². The molecule has 0 radical (unpaired) electrons. The van der Waals surface area contributed by atoms with Gasteiger partial charge < -0.3 is 14.7 Å². The van der Waals surface area contributed by atoms with Crippen LogP contribution in [0.1, 0.15) is 78.1 Å². The zero-order chi connectivity index (χ0) is 18.0. The molecule has 0 bridgehead atoms. The van der Waals surface area contributed by atoms with Gasteiger partial charge in [0, 0.05) is 11.8 Å². The highest BCUT2D eigenvalue weighted by molar-refractivity contribution is 5.84. The van der Waals surface area contributed by atoms with Crippen molar-refractivity contribution in [3.05, 3.63) is 0 Å². The number of hydrogen-bond acceptors (Lipinski definition) is 4. The van der Waals surface area contributed by atoms with E-state index in [1.807, 2.05) is 0 Å². The van der Waals surface area contributed by atoms with E-state index in [0.29, 0.717) is 11.3 Å². The van der Waals surface area contributed by atoms with E-state index in [-0.39, 0.29) is 11.2 Å². The Bertz CT molecular complexity index is 598. The first-order valence-corrected chi connectivity index (χ1v) is 11.0. The molecule has 5 fully saturated rings. The van der Waals surface area contributed by atoms with Gasteiger partial charge in [-0.3, -0.25) is 0 Å². The van der Waals surface area contributed by atoms with Crippen molar-refractivity contribution in [1.82, 2.24) is 0 Å². The Kier molecular flexibility index (Phi) is 4.00. The number of hydrogen-bond donors (Lipinski definition) is 1. The Labute approximate surface area is 157 Å². The fourth-order valence-corrected chi connectivity index (χ4v) is 8.30. The first-order chi connectivity index (χ1) is 12.5. The van der Waals surface area contributed by atoms with Crippen LogP contribution in [0.15, 0.2) is 5.16 Å². The molecule has 0 amide bonds. The predicted octanol–water partition coefficient (Wildman–Crippen LogP) is 4.99. The Morgan fingerprint density at radius 2 is 1.73 bits per heavy atom. The Hall–Kier alpha value is -0.610. The average molecular weight is 362 g/mol. The maximum atomic E-state index is 9.36. The molecule has 4 aliphatic carbocycles. The van der Waals surface area contributed by atoms with Gasteiger partial charge in [-0.2, -0.15) is 0 Å². The van der Waals surface area contributed by atoms with Crippen LogP contribution < -0.4 is 0 Å². The summed E-state index contributed by atoms with van der Waals surface area (Å²) >= 11 is 0. The second-order valence-corrected chi connectivity index (χ2v) is 10.3. The molecule has 4 heteroatoms. The number of rotatable bonds is 0. The maximum absolute atomic E-state index is 9.36. The van der Waals surface area contributed by atoms with Crippen molar-refractivity contribution in [1.29, 1.82) is 0 Å². The van der Waals surface area contributed by atoms with Crippen molar-refractivity contribution in [2.45, 2.75) is 83.8 Å². The summed E-state index contributed by atoms with van der Waals surface area (Å²) in [6.45, 7) is 6.61. The van der Waals surface area contributed by atoms with Crippen LogP contribution in [0.3, 0.4) is 0 Å². The van der Waals surface area contributed by atoms with E-state index in [2.05, 4.69) is 19.0 Å². The molecule has 1 heterocycles. The molecule has 4 nitrogen and oxygen atoms in total. The van der Waals surface area contributed by atoms with Gasteiger partial charge in [0.15, 0.2) is 5.79 Å². The molecule has 5 rings (SSSR count). The third-order valence-electron chi connectivity index (χ3n) is 9.67. The third-order valence-corrected chi connectivity index (χ3v) is 9.67. The quantitative estimate of drug-likeness (QED) is 0.488. The lowest BCUT2D eigenvalue weighted by Crippen LogP contribution is -2.55. The Balaban J connectivity index is 1.45. The van der Waals surface area contributed by atoms with Crippen molar-refractivity contribution >= 4 is 5.71 Å². The zero-order valence-electron chi connectivity index (χ0n) is 16.5. The van der Waals surface area contributed by atoms with E-state index in [1.165, 1.54) is 44.9 Å². The molecule has 26 heavy (non-hydrogen) atoms. The molecule has 5 aliphatic rings. The lowest BCUT2D eigenvalue weighted by Gasteiger charge is -2.59. The summed E-state index contributed by atoms with van der Waals surface area (Å²) in [5, 5.41) is 13.0. The number of fused-ring (bicyclic) bond motifs is 6. The molecule has 4 saturated carbocycles. The van der Waals surface area contributed by atoms with Gasteiger partial charge in [0.1, 0.15) is 0 Å². The molecule has 146 valence electrons. The summed E-state index contributed by atoms with van der Waals surface area (Å²) in [4.78, 5) is 0. The third kappa shape index (κ3) is 2.18. The van der Waals surface area contributed by atoms with Crippen LogP contribution in [0, 0.1) is 34.5 Å². The minimum atomic E-state index is -0.277. The summed E-state index contributed by atoms with van der Waals surface area (Å²) in [5.41, 5.74) is 1.67. The van der Waals surface area contributed by atoms with Gasteiger partial charge >= 0.3 is 0 Å². The van der Waals surface area contributed by atoms with Crippen LogP contribution in [0.4, 0.5) is 0 Å². The van der Waals surface area contributed by atoms with Crippen molar-refractivity contribution in [2.75, 3.05) is 13.2 Å². The highest BCUT2D eigenvalue weighted by atomic mass is 16.7. The van der Waals surface area contributed by atoms with Crippen molar-refractivity contribution in [2.24, 2.45) is 39.7 Å². The van der Waals surface area contributed by atoms with E-state index in [9.17, 15) is 5.21 Å². The predicted molar refractivity (Wildman–Crippen MR) is 100 cm³/mol. The van der Waals surface area contributed by atoms with Gasteiger partial charge in [-0.05, 0) is 86.9 Å². The second kappa shape index (κ2) is 5.94. The topological polar surface area (TPSA) is 51.1 Å². The molecule has 6 atom stereocenters. The minimum Gasteiger partial charge on any atom is -0.411 e. The van der Waals surface area contributed by atoms with Gasteiger partial charge in [-0.15, -0.1) is 0 Å². The maximum Gasteiger partial charge on any atom is 0.174 e. The second-order valence-electron chi connectivity index (χ2n) is 10.3. The van der Waals surface area contributed by atoms with Gasteiger partial charge in [-0.25, -0.2) is 0 Å². The van der Waals surface area contributed by atoms with Crippen molar-refractivity contribution in [3.63, 3.8) is 0 Å². The Morgan fingerprint density at radius 3 is 2.50 bits per heavy atom. The molecule has 1 saturated heterocycles. The molecular weight excluding hydrogens is 326 g/mol. The van der Waals surface area contributed by atoms with Crippen LogP contribution in [-0.2, 0) is 9.47 Å². The zero-order valence-corrected chi connectivity index (χ0v) is 16.5. The standard InChI is InChI=1S/C22H35NO3/c1-20-9-3-4-16(23-24)14-15(20)5-6-17-18(20)7-10-21(2)19(17)8-11-22(21)25-12-13-26-22/h15,17-19,24H,3-14H2,1-2H3/b23-16+/t15-,17+,18?,19-,20-,21-/m0/s1. The summed E-state index contributed by atoms with van der Waals surface area (Å²) < 4.78 is 12.5. The van der Waals surface area contributed by atoms with Crippen molar-refractivity contribution < 1.29 is 14.7 Å². The Morgan fingerprint density at radius 1 is 0.962 bits per heavy atom. The number of nitrogens with zero attached hydrogens (tertiary/aromatic N) is 1. The summed E-state index contributed by atoms with van der Waals surface area (Å²) in [5.74, 6) is 2.84. The molecule has 1 spiro atoms.